The van der Waals surface area contributed by atoms with E-state index in [-0.39, 0.29) is 22.8 Å². The minimum atomic E-state index is -0.701. The number of aliphatic hydroxyl groups excluding tert-OH is 1. The van der Waals surface area contributed by atoms with E-state index < -0.39 is 6.23 Å². The Bertz CT molecular complexity index is 832. The lowest BCUT2D eigenvalue weighted by Crippen LogP contribution is -2.79. The van der Waals surface area contributed by atoms with Crippen molar-refractivity contribution in [1.29, 1.82) is 0 Å². The number of nitrogens with zero attached hydrogens (tertiary/aromatic N) is 2. The number of hydrogen-bond acceptors (Lipinski definition) is 3. The van der Waals surface area contributed by atoms with Crippen LogP contribution in [0.4, 0.5) is 0 Å². The highest BCUT2D eigenvalue weighted by molar-refractivity contribution is 6.30. The summed E-state index contributed by atoms with van der Waals surface area (Å²) in [6.45, 7) is 0. The van der Waals surface area contributed by atoms with E-state index in [1.54, 1.807) is 4.90 Å². The number of amides is 1. The highest BCUT2D eigenvalue weighted by Crippen LogP contribution is 2.71. The average molecular weight is 369 g/mol. The van der Waals surface area contributed by atoms with Crippen molar-refractivity contribution in [1.82, 2.24) is 9.88 Å². The number of likely N-dealkylation sites (tertiary alicyclic amines) is 1. The van der Waals surface area contributed by atoms with E-state index in [0.29, 0.717) is 17.9 Å². The van der Waals surface area contributed by atoms with E-state index in [0.717, 1.165) is 24.8 Å². The molecule has 1 aliphatic heterocycles. The molecule has 1 N–H and O–H groups in total. The fraction of sp³-hybridized carbons (Fsp3) is 0.429. The summed E-state index contributed by atoms with van der Waals surface area (Å²) < 4.78 is 0. The van der Waals surface area contributed by atoms with Crippen LogP contribution < -0.4 is 0 Å². The summed E-state index contributed by atoms with van der Waals surface area (Å²) in [4.78, 5) is 18.8. The van der Waals surface area contributed by atoms with Crippen LogP contribution in [-0.2, 0) is 10.2 Å². The molecule has 0 spiro atoms. The Balaban J connectivity index is 1.31. The molecule has 2 aromatic rings. The number of piperidine rings is 1. The van der Waals surface area contributed by atoms with E-state index in [9.17, 15) is 9.90 Å². The van der Waals surface area contributed by atoms with Gasteiger partial charge in [-0.2, -0.15) is 0 Å². The van der Waals surface area contributed by atoms with E-state index in [1.807, 2.05) is 36.7 Å². The molecule has 0 unspecified atom stereocenters. The molecule has 5 heteroatoms. The van der Waals surface area contributed by atoms with Crippen LogP contribution in [0.5, 0.6) is 0 Å². The van der Waals surface area contributed by atoms with Gasteiger partial charge in [-0.1, -0.05) is 23.7 Å². The molecule has 1 aromatic heterocycles. The summed E-state index contributed by atoms with van der Waals surface area (Å²) >= 11 is 5.96. The van der Waals surface area contributed by atoms with Crippen LogP contribution in [-0.4, -0.2) is 32.7 Å². The van der Waals surface area contributed by atoms with Crippen molar-refractivity contribution >= 4 is 17.5 Å². The summed E-state index contributed by atoms with van der Waals surface area (Å²) in [5, 5.41) is 11.5. The zero-order valence-electron chi connectivity index (χ0n) is 14.4. The quantitative estimate of drug-likeness (QED) is 0.900. The Morgan fingerprint density at radius 1 is 1.08 bits per heavy atom. The monoisotopic (exact) mass is 368 g/mol. The first-order valence-corrected chi connectivity index (χ1v) is 9.55. The molecule has 1 aromatic carbocycles. The van der Waals surface area contributed by atoms with Gasteiger partial charge < -0.3 is 10.0 Å². The Morgan fingerprint density at radius 2 is 1.73 bits per heavy atom. The second-order valence-corrected chi connectivity index (χ2v) is 8.64. The number of halogens is 1. The molecule has 2 bridgehead atoms. The predicted octanol–water partition coefficient (Wildman–Crippen LogP) is 3.63. The molecular formula is C21H21ClN2O2. The van der Waals surface area contributed by atoms with Gasteiger partial charge in [0.1, 0.15) is 6.23 Å². The van der Waals surface area contributed by atoms with Crippen LogP contribution in [0.2, 0.25) is 5.02 Å². The third-order valence-electron chi connectivity index (χ3n) is 6.63. The van der Waals surface area contributed by atoms with E-state index in [4.69, 9.17) is 11.6 Å². The number of hydrogen-bond donors (Lipinski definition) is 1. The molecule has 4 nitrogen and oxygen atoms in total. The van der Waals surface area contributed by atoms with Crippen molar-refractivity contribution in [3.8, 4) is 0 Å². The molecule has 26 heavy (non-hydrogen) atoms. The van der Waals surface area contributed by atoms with E-state index in [2.05, 4.69) is 17.1 Å². The summed E-state index contributed by atoms with van der Waals surface area (Å²) in [6, 6.07) is 11.8. The number of carbonyl (C=O) groups excluding carboxylic acids is 1. The highest BCUT2D eigenvalue weighted by Gasteiger charge is 2.72. The first kappa shape index (κ1) is 16.3. The average Bonchev–Trinajstić information content (AvgIpc) is 2.56. The fourth-order valence-electron chi connectivity index (χ4n) is 5.49. The number of aromatic nitrogens is 1. The maximum Gasteiger partial charge on any atom is 0.225 e. The smallest absolute Gasteiger partial charge is 0.225 e. The van der Waals surface area contributed by atoms with Crippen LogP contribution in [0.15, 0.2) is 48.8 Å². The lowest BCUT2D eigenvalue weighted by atomic mass is 9.36. The maximum atomic E-state index is 12.9. The second kappa shape index (κ2) is 5.54. The Morgan fingerprint density at radius 3 is 2.35 bits per heavy atom. The zero-order chi connectivity index (χ0) is 17.9. The number of rotatable bonds is 3. The molecule has 3 aliphatic carbocycles. The lowest BCUT2D eigenvalue weighted by molar-refractivity contribution is -0.225. The summed E-state index contributed by atoms with van der Waals surface area (Å²) in [6.07, 6.45) is 6.89. The number of pyridine rings is 1. The number of aliphatic hydroxyl groups is 1. The van der Waals surface area contributed by atoms with Crippen molar-refractivity contribution < 1.29 is 9.90 Å². The molecule has 2 heterocycles. The molecule has 2 atom stereocenters. The molecule has 6 rings (SSSR count). The van der Waals surface area contributed by atoms with Gasteiger partial charge in [-0.15, -0.1) is 0 Å². The summed E-state index contributed by atoms with van der Waals surface area (Å²) in [5.74, 6) is 0.138. The topological polar surface area (TPSA) is 53.4 Å². The summed E-state index contributed by atoms with van der Waals surface area (Å²) in [5.41, 5.74) is 2.44. The van der Waals surface area contributed by atoms with Gasteiger partial charge >= 0.3 is 0 Å². The van der Waals surface area contributed by atoms with Crippen molar-refractivity contribution in [2.45, 2.75) is 55.2 Å². The number of carbonyl (C=O) groups is 1. The van der Waals surface area contributed by atoms with Crippen molar-refractivity contribution in [3.05, 3.63) is 64.9 Å². The van der Waals surface area contributed by atoms with Crippen LogP contribution in [0.1, 0.15) is 49.1 Å². The Labute approximate surface area is 157 Å². The van der Waals surface area contributed by atoms with Crippen LogP contribution in [0.3, 0.4) is 0 Å². The van der Waals surface area contributed by atoms with Gasteiger partial charge in [0.05, 0.1) is 0 Å². The molecule has 4 fully saturated rings. The minimum Gasteiger partial charge on any atom is -0.373 e. The largest absolute Gasteiger partial charge is 0.373 e. The highest BCUT2D eigenvalue weighted by atomic mass is 35.5. The molecule has 0 radical (unpaired) electrons. The van der Waals surface area contributed by atoms with Gasteiger partial charge in [0, 0.05) is 34.8 Å². The third kappa shape index (κ3) is 2.25. The molecular weight excluding hydrogens is 348 g/mol. The van der Waals surface area contributed by atoms with Crippen molar-refractivity contribution in [2.24, 2.45) is 0 Å². The first-order chi connectivity index (χ1) is 12.5. The SMILES string of the molecule is O=C1C[C@H](c2ccc(Cl)cc2)C[C@H](O)N1C12CC(c3ccncc3)(C1)C2. The van der Waals surface area contributed by atoms with Crippen molar-refractivity contribution in [3.63, 3.8) is 0 Å². The van der Waals surface area contributed by atoms with Gasteiger partial charge in [0.25, 0.3) is 0 Å². The van der Waals surface area contributed by atoms with Gasteiger partial charge in [0.15, 0.2) is 0 Å². The standard InChI is InChI=1S/C21H21ClN2O2/c22-17-3-1-14(2-4-17)15-9-18(25)24(19(26)10-15)21-11-20(12-21,13-21)16-5-7-23-8-6-16/h1-8,15,18,25H,9-13H2/t15-,18+,20?,21?/m1/s1. The summed E-state index contributed by atoms with van der Waals surface area (Å²) in [7, 11) is 0. The van der Waals surface area contributed by atoms with Crippen molar-refractivity contribution in [2.75, 3.05) is 0 Å². The van der Waals surface area contributed by atoms with E-state index in [1.165, 1.54) is 5.56 Å². The normalized spacial score (nSPS) is 35.6. The Kier molecular flexibility index (Phi) is 3.47. The minimum absolute atomic E-state index is 0.0625. The van der Waals surface area contributed by atoms with Gasteiger partial charge in [-0.25, -0.2) is 0 Å². The van der Waals surface area contributed by atoms with Gasteiger partial charge in [-0.3, -0.25) is 9.78 Å². The van der Waals surface area contributed by atoms with Gasteiger partial charge in [-0.05, 0) is 67.0 Å². The lowest BCUT2D eigenvalue weighted by Gasteiger charge is -2.75. The molecule has 1 amide bonds. The predicted molar refractivity (Wildman–Crippen MR) is 98.8 cm³/mol. The van der Waals surface area contributed by atoms with Crippen LogP contribution in [0.25, 0.3) is 0 Å². The van der Waals surface area contributed by atoms with E-state index >= 15 is 0 Å². The fourth-order valence-corrected chi connectivity index (χ4v) is 5.62. The number of benzene rings is 1. The van der Waals surface area contributed by atoms with Crippen LogP contribution in [0, 0.1) is 0 Å². The maximum absolute atomic E-state index is 12.9. The first-order valence-electron chi connectivity index (χ1n) is 9.18. The van der Waals surface area contributed by atoms with Gasteiger partial charge in [0.2, 0.25) is 5.91 Å². The molecule has 3 saturated carbocycles. The zero-order valence-corrected chi connectivity index (χ0v) is 15.2. The molecule has 4 aliphatic rings. The molecule has 134 valence electrons. The molecule has 1 saturated heterocycles. The second-order valence-electron chi connectivity index (χ2n) is 8.20. The third-order valence-corrected chi connectivity index (χ3v) is 6.88. The van der Waals surface area contributed by atoms with Crippen LogP contribution >= 0.6 is 11.6 Å². The Hall–Kier alpha value is -1.91.